The topological polar surface area (TPSA) is 283 Å². The Morgan fingerprint density at radius 2 is 1.21 bits per heavy atom. The van der Waals surface area contributed by atoms with E-state index in [1.807, 2.05) is 20.8 Å². The summed E-state index contributed by atoms with van der Waals surface area (Å²) in [5.41, 5.74) is -1.57. The highest BCUT2D eigenvalue weighted by molar-refractivity contribution is 6.21. The minimum absolute atomic E-state index is 0.000805. The van der Waals surface area contributed by atoms with E-state index in [-0.39, 0.29) is 108 Å². The Kier molecular flexibility index (Phi) is 30.2. The summed E-state index contributed by atoms with van der Waals surface area (Å²) < 4.78 is 47.6. The van der Waals surface area contributed by atoms with Crippen LogP contribution in [-0.4, -0.2) is 300 Å². The van der Waals surface area contributed by atoms with Crippen LogP contribution in [0.25, 0.3) is 0 Å². The average Bonchev–Trinajstić information content (AvgIpc) is 1.76. The number of hydrogen-bond donors (Lipinski definition) is 3. The van der Waals surface area contributed by atoms with Crippen LogP contribution in [0.1, 0.15) is 188 Å². The zero-order valence-corrected chi connectivity index (χ0v) is 65.0. The Hall–Kier alpha value is -6.36. The zero-order valence-electron chi connectivity index (χ0n) is 64.2. The maximum absolute atomic E-state index is 16.0. The molecule has 4 saturated carbocycles. The van der Waals surface area contributed by atoms with Crippen molar-refractivity contribution in [3.8, 4) is 0 Å². The van der Waals surface area contributed by atoms with Crippen molar-refractivity contribution in [1.82, 2.24) is 64.9 Å². The molecule has 4 heterocycles. The number of rotatable bonds is 12. The first-order valence-corrected chi connectivity index (χ1v) is 39.4. The van der Waals surface area contributed by atoms with Crippen LogP contribution < -0.4 is 16.0 Å². The van der Waals surface area contributed by atoms with Crippen LogP contribution in [-0.2, 0) is 62.3 Å². The predicted molar refractivity (Wildman–Crippen MR) is 387 cm³/mol. The first-order chi connectivity index (χ1) is 49.7. The van der Waals surface area contributed by atoms with E-state index < -0.39 is 174 Å². The number of ether oxygens (including phenoxy) is 1. The summed E-state index contributed by atoms with van der Waals surface area (Å²) in [4.78, 5) is 195. The minimum Gasteiger partial charge on any atom is -0.378 e. The summed E-state index contributed by atoms with van der Waals surface area (Å²) in [6.07, 6.45) is 5.51. The van der Waals surface area contributed by atoms with E-state index in [0.717, 1.165) is 66.1 Å². The highest BCUT2D eigenvalue weighted by Crippen LogP contribution is 2.44. The van der Waals surface area contributed by atoms with Crippen molar-refractivity contribution >= 4 is 82.5 Å². The van der Waals surface area contributed by atoms with E-state index in [2.05, 4.69) is 20.9 Å². The fourth-order valence-electron chi connectivity index (χ4n) is 17.5. The molecule has 4 aliphatic heterocycles. The number of hydrogen-bond acceptors (Lipinski definition) is 14. The number of fused-ring (bicyclic) bond motifs is 1. The quantitative estimate of drug-likeness (QED) is 0.217. The van der Waals surface area contributed by atoms with Crippen LogP contribution >= 0.6 is 11.6 Å². The number of carbonyl (C=O) groups is 12. The standard InChI is InChI=1S/C75H121ClF3N13O13/c1-12-48(4)64-71(102)85(7)43-62(95)83(5)44-63(96)87(9)58(40-49-22-15-13-16-23-49)69(100)84(6)42-60(93)80-55(30-28-50-27-29-53(54(76)39-50)75(77,78)79)68(99)92-33-21-26-56(92)67(98)82-74(31-19-20-32-74)73(104)89(11)65(51-24-17-14-18-25-51)72(103)88(10)59(41-61(94)86(8)57(38-47(2)3)66(97)81-64)70(101)91-36-34-90(35-37-91)52-45-105-46-52/h47-59,64-65H,12-46H2,1-11H3,(H,80,93)(H,81,97)(H,82,98)/t48-,50?,53?,54?,55-,56-,57-,58-,59-,64-,65-/m0/s1. The fraction of sp³-hybridized carbons (Fsp3) is 0.840. The predicted octanol–water partition coefficient (Wildman–Crippen LogP) is 5.02. The van der Waals surface area contributed by atoms with E-state index in [1.54, 1.807) is 11.8 Å². The van der Waals surface area contributed by atoms with Gasteiger partial charge in [-0.25, -0.2) is 0 Å². The number of nitrogens with zero attached hydrogens (tertiary/aromatic N) is 10. The van der Waals surface area contributed by atoms with E-state index >= 15 is 28.8 Å². The summed E-state index contributed by atoms with van der Waals surface area (Å²) in [5, 5.41) is 7.67. The maximum atomic E-state index is 16.0. The molecule has 8 rings (SSSR count). The van der Waals surface area contributed by atoms with Crippen molar-refractivity contribution in [3.63, 3.8) is 0 Å². The number of carbonyl (C=O) groups excluding carboxylic acids is 12. The molecule has 8 fully saturated rings. The van der Waals surface area contributed by atoms with Gasteiger partial charge in [0.2, 0.25) is 70.9 Å². The van der Waals surface area contributed by atoms with Crippen LogP contribution in [0.3, 0.4) is 0 Å². The second kappa shape index (κ2) is 37.6. The number of amides is 12. The summed E-state index contributed by atoms with van der Waals surface area (Å²) in [6.45, 7) is 8.51. The molecule has 592 valence electrons. The van der Waals surface area contributed by atoms with Crippen molar-refractivity contribution in [3.05, 3.63) is 0 Å². The van der Waals surface area contributed by atoms with E-state index in [0.29, 0.717) is 64.8 Å². The lowest BCUT2D eigenvalue weighted by Crippen LogP contribution is -2.65. The summed E-state index contributed by atoms with van der Waals surface area (Å²) in [6, 6.07) is -8.45. The van der Waals surface area contributed by atoms with Gasteiger partial charge in [0.05, 0.1) is 51.2 Å². The van der Waals surface area contributed by atoms with Crippen LogP contribution in [0.5, 0.6) is 0 Å². The van der Waals surface area contributed by atoms with Gasteiger partial charge in [0.15, 0.2) is 0 Å². The average molecular weight is 1510 g/mol. The van der Waals surface area contributed by atoms with Gasteiger partial charge in [0.25, 0.3) is 0 Å². The first-order valence-electron chi connectivity index (χ1n) is 39.0. The molecule has 105 heavy (non-hydrogen) atoms. The largest absolute Gasteiger partial charge is 0.393 e. The third kappa shape index (κ3) is 21.1. The summed E-state index contributed by atoms with van der Waals surface area (Å²) in [7, 11) is 10.1. The Balaban J connectivity index is 1.16. The second-order valence-corrected chi connectivity index (χ2v) is 33.0. The molecule has 11 atom stereocenters. The van der Waals surface area contributed by atoms with Gasteiger partial charge < -0.3 is 64.8 Å². The highest BCUT2D eigenvalue weighted by atomic mass is 35.5. The molecule has 1 spiro atoms. The summed E-state index contributed by atoms with van der Waals surface area (Å²) in [5.74, 6) is -10.6. The minimum atomic E-state index is -4.51. The smallest absolute Gasteiger partial charge is 0.378 e. The lowest BCUT2D eigenvalue weighted by atomic mass is 9.78. The van der Waals surface area contributed by atoms with Crippen LogP contribution in [0.2, 0.25) is 0 Å². The highest BCUT2D eigenvalue weighted by Gasteiger charge is 2.53. The molecule has 12 amide bonds. The third-order valence-corrected chi connectivity index (χ3v) is 25.0. The molecule has 0 radical (unpaired) electrons. The van der Waals surface area contributed by atoms with Crippen LogP contribution in [0.4, 0.5) is 13.2 Å². The van der Waals surface area contributed by atoms with Crippen molar-refractivity contribution in [2.24, 2.45) is 35.5 Å². The fourth-order valence-corrected chi connectivity index (χ4v) is 18.0. The molecule has 0 aromatic carbocycles. The van der Waals surface area contributed by atoms with Crippen molar-refractivity contribution in [2.75, 3.05) is 115 Å². The number of piperazine rings is 1. The first kappa shape index (κ1) is 84.3. The molecule has 3 unspecified atom stereocenters. The van der Waals surface area contributed by atoms with Gasteiger partial charge in [-0.05, 0) is 113 Å². The van der Waals surface area contributed by atoms with Crippen LogP contribution in [0.15, 0.2) is 0 Å². The molecule has 4 aliphatic carbocycles. The normalized spacial score (nSPS) is 30.3. The Morgan fingerprint density at radius 3 is 1.80 bits per heavy atom. The van der Waals surface area contributed by atoms with Gasteiger partial charge in [-0.15, -0.1) is 11.6 Å². The van der Waals surface area contributed by atoms with Crippen molar-refractivity contribution in [2.45, 2.75) is 254 Å². The van der Waals surface area contributed by atoms with Gasteiger partial charge in [-0.3, -0.25) is 62.4 Å². The number of nitrogens with one attached hydrogen (secondary N) is 3. The molecular formula is C75H121ClF3N13O13. The molecule has 0 bridgehead atoms. The van der Waals surface area contributed by atoms with Gasteiger partial charge in [-0.1, -0.05) is 98.3 Å². The molecule has 4 saturated heterocycles. The molecule has 0 aromatic heterocycles. The SMILES string of the molecule is CC[C@H](C)[C@@H]1NC(=O)[C@H](CC(C)C)N(C)C(=O)C[C@@H](C(=O)N2CCN(C3COC3)CC2)N(C)C(=O)[C@H](C2CCCCC2)N(C)C(=O)C2(CCCC2)NC(=O)[C@@H]2CCCN2C(=O)[C@H](CCC2CCC(C(F)(F)F)C(Cl)C2)NC(=O)CN(C)C(=O)[C@H](CC2CCCCC2)N(C)C(=O)CN(C)C(=O)CN(C)C1=O. The molecule has 0 aromatic rings. The van der Waals surface area contributed by atoms with Crippen LogP contribution in [0, 0.1) is 35.5 Å². The van der Waals surface area contributed by atoms with Crippen molar-refractivity contribution < 1.29 is 75.4 Å². The molecular weight excluding hydrogens is 1380 g/mol. The number of alkyl halides is 4. The Labute approximate surface area is 624 Å². The van der Waals surface area contributed by atoms with E-state index in [4.69, 9.17) is 16.3 Å². The molecule has 26 nitrogen and oxygen atoms in total. The zero-order chi connectivity index (χ0) is 76.9. The van der Waals surface area contributed by atoms with E-state index in [9.17, 15) is 41.9 Å². The monoisotopic (exact) mass is 1500 g/mol. The molecule has 3 N–H and O–H groups in total. The third-order valence-electron chi connectivity index (χ3n) is 24.5. The lowest BCUT2D eigenvalue weighted by molar-refractivity contribution is -0.182. The Morgan fingerprint density at radius 1 is 0.600 bits per heavy atom. The second-order valence-electron chi connectivity index (χ2n) is 32.4. The van der Waals surface area contributed by atoms with Gasteiger partial charge >= 0.3 is 6.18 Å². The molecule has 8 aliphatic rings. The van der Waals surface area contributed by atoms with E-state index in [1.165, 1.54) is 73.8 Å². The summed E-state index contributed by atoms with van der Waals surface area (Å²) >= 11 is 6.42. The lowest BCUT2D eigenvalue weighted by Gasteiger charge is -2.45. The van der Waals surface area contributed by atoms with Gasteiger partial charge in [0.1, 0.15) is 47.8 Å². The molecule has 30 heteroatoms. The Bertz CT molecular complexity index is 3070. The number of halogens is 4. The van der Waals surface area contributed by atoms with Gasteiger partial charge in [-0.2, -0.15) is 13.2 Å². The maximum Gasteiger partial charge on any atom is 0.393 e. The number of likely N-dealkylation sites (N-methyl/N-ethyl adjacent to an activating group) is 7. The van der Waals surface area contributed by atoms with Gasteiger partial charge in [0, 0.05) is 87.4 Å². The van der Waals surface area contributed by atoms with Crippen molar-refractivity contribution in [1.29, 1.82) is 0 Å².